The topological polar surface area (TPSA) is 101 Å². The van der Waals surface area contributed by atoms with Gasteiger partial charge in [0.15, 0.2) is 0 Å². The van der Waals surface area contributed by atoms with Gasteiger partial charge in [-0.25, -0.2) is 10.9 Å². The monoisotopic (exact) mass is 574 g/mol. The highest BCUT2D eigenvalue weighted by Crippen LogP contribution is 2.19. The number of hydrogen-bond acceptors (Lipinski definition) is 6. The highest BCUT2D eigenvalue weighted by atomic mass is 35.5. The van der Waals surface area contributed by atoms with Gasteiger partial charge in [0.05, 0.1) is 12.4 Å². The summed E-state index contributed by atoms with van der Waals surface area (Å²) >= 11 is 11.8. The van der Waals surface area contributed by atoms with Crippen LogP contribution >= 0.6 is 23.2 Å². The van der Waals surface area contributed by atoms with Crippen LogP contribution in [-0.2, 0) is 22.8 Å². The van der Waals surface area contributed by atoms with Crippen LogP contribution in [0, 0.1) is 0 Å². The first-order chi connectivity index (χ1) is 19.5. The lowest BCUT2D eigenvalue weighted by Crippen LogP contribution is -2.35. The molecular weight excluding hydrogens is 551 g/mol. The van der Waals surface area contributed by atoms with Crippen LogP contribution in [0.3, 0.4) is 0 Å². The molecule has 4 aromatic carbocycles. The number of hydrazone groups is 2. The van der Waals surface area contributed by atoms with Crippen molar-refractivity contribution in [1.82, 2.24) is 10.9 Å². The molecular formula is C30H24Cl2N4O4. The predicted molar refractivity (Wildman–Crippen MR) is 156 cm³/mol. The number of carbonyl (C=O) groups excluding carboxylic acids is 2. The molecule has 40 heavy (non-hydrogen) atoms. The van der Waals surface area contributed by atoms with Gasteiger partial charge in [-0.2, -0.15) is 10.2 Å². The molecule has 10 heteroatoms. The zero-order chi connectivity index (χ0) is 28.2. The molecule has 0 saturated heterocycles. The number of hydrogen-bond donors (Lipinski definition) is 2. The van der Waals surface area contributed by atoms with E-state index in [1.165, 1.54) is 12.4 Å². The van der Waals surface area contributed by atoms with E-state index in [1.54, 1.807) is 60.7 Å². The van der Waals surface area contributed by atoms with Crippen LogP contribution in [-0.4, -0.2) is 24.2 Å². The molecule has 0 atom stereocenters. The number of carbonyl (C=O) groups is 2. The third-order valence-corrected chi connectivity index (χ3v) is 5.90. The molecule has 0 unspecified atom stereocenters. The SMILES string of the molecule is O=C(N/N=C/c1ccccc1OCc1ccc(Cl)cc1)C(=O)N/N=C/c1ccccc1OCc1ccc(Cl)cc1. The smallest absolute Gasteiger partial charge is 0.331 e. The normalized spacial score (nSPS) is 10.9. The van der Waals surface area contributed by atoms with Crippen molar-refractivity contribution < 1.29 is 19.1 Å². The van der Waals surface area contributed by atoms with E-state index in [0.29, 0.717) is 45.9 Å². The van der Waals surface area contributed by atoms with Gasteiger partial charge in [0, 0.05) is 21.2 Å². The van der Waals surface area contributed by atoms with Gasteiger partial charge in [-0.05, 0) is 59.7 Å². The van der Waals surface area contributed by atoms with Crippen LogP contribution in [0.1, 0.15) is 22.3 Å². The Balaban J connectivity index is 1.27. The summed E-state index contributed by atoms with van der Waals surface area (Å²) in [5.74, 6) is -0.858. The van der Waals surface area contributed by atoms with Crippen LogP contribution in [0.15, 0.2) is 107 Å². The number of benzene rings is 4. The number of para-hydroxylation sites is 2. The average molecular weight is 575 g/mol. The standard InChI is InChI=1S/C30H24Cl2N4O4/c31-25-13-9-21(10-14-25)19-39-27-7-3-1-5-23(27)17-33-35-29(37)30(38)36-34-18-24-6-2-4-8-28(24)40-20-22-11-15-26(32)16-12-22/h1-18H,19-20H2,(H,35,37)(H,36,38)/b33-17+,34-18+. The van der Waals surface area contributed by atoms with Gasteiger partial charge < -0.3 is 9.47 Å². The van der Waals surface area contributed by atoms with Crippen LogP contribution < -0.4 is 20.3 Å². The van der Waals surface area contributed by atoms with E-state index in [1.807, 2.05) is 36.4 Å². The summed E-state index contributed by atoms with van der Waals surface area (Å²) in [6.45, 7) is 0.647. The van der Waals surface area contributed by atoms with Crippen molar-refractivity contribution in [2.24, 2.45) is 10.2 Å². The summed E-state index contributed by atoms with van der Waals surface area (Å²) in [6.07, 6.45) is 2.78. The van der Waals surface area contributed by atoms with Crippen LogP contribution in [0.4, 0.5) is 0 Å². The third kappa shape index (κ3) is 8.69. The molecule has 0 spiro atoms. The Morgan fingerprint density at radius 3 is 1.38 bits per heavy atom. The quantitative estimate of drug-likeness (QED) is 0.143. The molecule has 0 radical (unpaired) electrons. The van der Waals surface area contributed by atoms with E-state index in [2.05, 4.69) is 21.1 Å². The number of amides is 2. The third-order valence-electron chi connectivity index (χ3n) is 5.40. The number of nitrogens with one attached hydrogen (secondary N) is 2. The summed E-state index contributed by atoms with van der Waals surface area (Å²) in [4.78, 5) is 24.3. The summed E-state index contributed by atoms with van der Waals surface area (Å²) in [5, 5.41) is 9.02. The Bertz CT molecular complexity index is 1390. The summed E-state index contributed by atoms with van der Waals surface area (Å²) < 4.78 is 11.7. The van der Waals surface area contributed by atoms with Crippen molar-refractivity contribution in [2.45, 2.75) is 13.2 Å². The molecule has 4 rings (SSSR count). The molecule has 0 saturated carbocycles. The molecule has 8 nitrogen and oxygen atoms in total. The van der Waals surface area contributed by atoms with Gasteiger partial charge in [0.25, 0.3) is 0 Å². The first kappa shape index (κ1) is 28.4. The van der Waals surface area contributed by atoms with Crippen molar-refractivity contribution in [1.29, 1.82) is 0 Å². The molecule has 0 aliphatic heterocycles. The molecule has 0 bridgehead atoms. The number of ether oxygens (including phenoxy) is 2. The lowest BCUT2D eigenvalue weighted by Gasteiger charge is -2.09. The van der Waals surface area contributed by atoms with E-state index in [-0.39, 0.29) is 0 Å². The average Bonchev–Trinajstić information content (AvgIpc) is 2.97. The number of halogens is 2. The van der Waals surface area contributed by atoms with Crippen molar-refractivity contribution in [3.8, 4) is 11.5 Å². The Labute approximate surface area is 241 Å². The second-order valence-corrected chi connectivity index (χ2v) is 9.18. The highest BCUT2D eigenvalue weighted by Gasteiger charge is 2.12. The number of rotatable bonds is 10. The lowest BCUT2D eigenvalue weighted by molar-refractivity contribution is -0.139. The van der Waals surface area contributed by atoms with Gasteiger partial charge in [-0.3, -0.25) is 9.59 Å². The van der Waals surface area contributed by atoms with Gasteiger partial charge in [0.1, 0.15) is 24.7 Å². The zero-order valence-electron chi connectivity index (χ0n) is 21.1. The molecule has 2 N–H and O–H groups in total. The van der Waals surface area contributed by atoms with Gasteiger partial charge in [0.2, 0.25) is 0 Å². The van der Waals surface area contributed by atoms with E-state index in [4.69, 9.17) is 32.7 Å². The largest absolute Gasteiger partial charge is 0.488 e. The Hall–Kier alpha value is -4.66. The fraction of sp³-hybridized carbons (Fsp3) is 0.0667. The minimum absolute atomic E-state index is 0.323. The number of nitrogens with zero attached hydrogens (tertiary/aromatic N) is 2. The van der Waals surface area contributed by atoms with E-state index in [9.17, 15) is 9.59 Å². The molecule has 2 amide bonds. The van der Waals surface area contributed by atoms with Crippen molar-refractivity contribution in [3.63, 3.8) is 0 Å². The molecule has 0 heterocycles. The second-order valence-electron chi connectivity index (χ2n) is 8.30. The Morgan fingerprint density at radius 1 is 0.600 bits per heavy atom. The van der Waals surface area contributed by atoms with Gasteiger partial charge >= 0.3 is 11.8 Å². The maximum Gasteiger partial charge on any atom is 0.331 e. The first-order valence-corrected chi connectivity index (χ1v) is 12.8. The fourth-order valence-corrected chi connectivity index (χ4v) is 3.60. The Kier molecular flexibility index (Phi) is 10.3. The van der Waals surface area contributed by atoms with Crippen LogP contribution in [0.5, 0.6) is 11.5 Å². The van der Waals surface area contributed by atoms with E-state index >= 15 is 0 Å². The molecule has 202 valence electrons. The van der Waals surface area contributed by atoms with Gasteiger partial charge in [-0.1, -0.05) is 71.7 Å². The van der Waals surface area contributed by atoms with Gasteiger partial charge in [-0.15, -0.1) is 0 Å². The van der Waals surface area contributed by atoms with Crippen LogP contribution in [0.25, 0.3) is 0 Å². The highest BCUT2D eigenvalue weighted by molar-refractivity contribution is 6.35. The second kappa shape index (κ2) is 14.5. The van der Waals surface area contributed by atoms with E-state index in [0.717, 1.165) is 11.1 Å². The zero-order valence-corrected chi connectivity index (χ0v) is 22.6. The maximum absolute atomic E-state index is 12.2. The van der Waals surface area contributed by atoms with Crippen molar-refractivity contribution in [3.05, 3.63) is 129 Å². The molecule has 0 aromatic heterocycles. The Morgan fingerprint density at radius 2 is 0.975 bits per heavy atom. The fourth-order valence-electron chi connectivity index (χ4n) is 3.34. The summed E-state index contributed by atoms with van der Waals surface area (Å²) in [5.41, 5.74) is 7.48. The van der Waals surface area contributed by atoms with Crippen molar-refractivity contribution >= 4 is 47.4 Å². The van der Waals surface area contributed by atoms with Crippen LogP contribution in [0.2, 0.25) is 10.0 Å². The lowest BCUT2D eigenvalue weighted by atomic mass is 10.2. The van der Waals surface area contributed by atoms with E-state index < -0.39 is 11.8 Å². The molecule has 4 aromatic rings. The maximum atomic E-state index is 12.2. The van der Waals surface area contributed by atoms with Crippen molar-refractivity contribution in [2.75, 3.05) is 0 Å². The summed E-state index contributed by atoms with van der Waals surface area (Å²) in [7, 11) is 0. The first-order valence-electron chi connectivity index (χ1n) is 12.1. The summed E-state index contributed by atoms with van der Waals surface area (Å²) in [6, 6.07) is 28.9. The minimum Gasteiger partial charge on any atom is -0.488 e. The molecule has 0 fully saturated rings. The predicted octanol–water partition coefficient (Wildman–Crippen LogP) is 5.75. The minimum atomic E-state index is -0.986. The molecule has 0 aliphatic carbocycles. The molecule has 0 aliphatic rings.